The van der Waals surface area contributed by atoms with Crippen molar-refractivity contribution in [2.45, 2.75) is 46.1 Å². The molecule has 102 valence electrons. The first-order chi connectivity index (χ1) is 8.13. The first-order valence-corrected chi connectivity index (χ1v) is 7.09. The van der Waals surface area contributed by atoms with Gasteiger partial charge in [-0.25, -0.2) is 0 Å². The second-order valence-corrected chi connectivity index (χ2v) is 5.68. The Bertz CT molecular complexity index is 210. The van der Waals surface area contributed by atoms with Crippen LogP contribution in [0.25, 0.3) is 0 Å². The van der Waals surface area contributed by atoms with E-state index in [0.717, 1.165) is 19.6 Å². The number of methoxy groups -OCH3 is 1. The van der Waals surface area contributed by atoms with Crippen molar-refractivity contribution in [1.82, 2.24) is 10.2 Å². The van der Waals surface area contributed by atoms with Gasteiger partial charge in [0.2, 0.25) is 0 Å². The Morgan fingerprint density at radius 3 is 2.76 bits per heavy atom. The van der Waals surface area contributed by atoms with Crippen LogP contribution < -0.4 is 5.32 Å². The third-order valence-corrected chi connectivity index (χ3v) is 4.06. The first-order valence-electron chi connectivity index (χ1n) is 7.09. The smallest absolute Gasteiger partial charge is 0.0698 e. The topological polar surface area (TPSA) is 24.5 Å². The van der Waals surface area contributed by atoms with Gasteiger partial charge in [-0.1, -0.05) is 20.8 Å². The molecular formula is C14H30N2O. The van der Waals surface area contributed by atoms with Crippen LogP contribution in [-0.4, -0.2) is 50.8 Å². The lowest BCUT2D eigenvalue weighted by Gasteiger charge is -2.39. The van der Waals surface area contributed by atoms with Crippen molar-refractivity contribution in [2.24, 2.45) is 5.41 Å². The molecule has 0 aliphatic carbocycles. The molecule has 0 aromatic heterocycles. The van der Waals surface area contributed by atoms with E-state index in [9.17, 15) is 0 Å². The van der Waals surface area contributed by atoms with Crippen molar-refractivity contribution >= 4 is 0 Å². The van der Waals surface area contributed by atoms with Gasteiger partial charge < -0.3 is 15.0 Å². The third-order valence-electron chi connectivity index (χ3n) is 4.06. The van der Waals surface area contributed by atoms with Crippen LogP contribution in [0.15, 0.2) is 0 Å². The van der Waals surface area contributed by atoms with E-state index in [1.807, 2.05) is 7.11 Å². The summed E-state index contributed by atoms with van der Waals surface area (Å²) in [5.41, 5.74) is 0.394. The van der Waals surface area contributed by atoms with Gasteiger partial charge in [-0.2, -0.15) is 0 Å². The van der Waals surface area contributed by atoms with Crippen molar-refractivity contribution in [2.75, 3.05) is 39.8 Å². The molecule has 1 rings (SSSR count). The number of nitrogens with one attached hydrogen (secondary N) is 1. The van der Waals surface area contributed by atoms with E-state index in [4.69, 9.17) is 4.74 Å². The molecule has 1 saturated heterocycles. The minimum absolute atomic E-state index is 0.394. The summed E-state index contributed by atoms with van der Waals surface area (Å²) in [5, 5.41) is 3.50. The molecule has 0 bridgehead atoms. The van der Waals surface area contributed by atoms with Gasteiger partial charge >= 0.3 is 0 Å². The molecule has 17 heavy (non-hydrogen) atoms. The van der Waals surface area contributed by atoms with Gasteiger partial charge in [-0.15, -0.1) is 0 Å². The average molecular weight is 242 g/mol. The Balaban J connectivity index is 2.43. The monoisotopic (exact) mass is 242 g/mol. The highest BCUT2D eigenvalue weighted by molar-refractivity contribution is 4.82. The van der Waals surface area contributed by atoms with Crippen molar-refractivity contribution in [3.8, 4) is 0 Å². The van der Waals surface area contributed by atoms with Crippen LogP contribution in [0.4, 0.5) is 0 Å². The number of likely N-dealkylation sites (tertiary alicyclic amines) is 1. The van der Waals surface area contributed by atoms with Crippen molar-refractivity contribution < 1.29 is 4.74 Å². The zero-order valence-electron chi connectivity index (χ0n) is 12.1. The fourth-order valence-corrected chi connectivity index (χ4v) is 2.61. The van der Waals surface area contributed by atoms with Crippen LogP contribution in [0.5, 0.6) is 0 Å². The maximum absolute atomic E-state index is 5.49. The number of hydrogen-bond donors (Lipinski definition) is 1. The lowest BCUT2D eigenvalue weighted by atomic mass is 9.86. The van der Waals surface area contributed by atoms with Crippen molar-refractivity contribution in [3.63, 3.8) is 0 Å². The highest BCUT2D eigenvalue weighted by Gasteiger charge is 2.28. The molecule has 1 aliphatic rings. The van der Waals surface area contributed by atoms with Gasteiger partial charge in [0.1, 0.15) is 0 Å². The number of nitrogens with zero attached hydrogens (tertiary/aromatic N) is 1. The summed E-state index contributed by atoms with van der Waals surface area (Å²) in [6, 6.07) is 0. The molecule has 1 aliphatic heterocycles. The van der Waals surface area contributed by atoms with E-state index in [1.165, 1.54) is 32.4 Å². The van der Waals surface area contributed by atoms with Crippen molar-refractivity contribution in [3.05, 3.63) is 0 Å². The number of hydrogen-bond acceptors (Lipinski definition) is 3. The van der Waals surface area contributed by atoms with Crippen LogP contribution in [0, 0.1) is 5.41 Å². The Labute approximate surface area is 107 Å². The van der Waals surface area contributed by atoms with Crippen molar-refractivity contribution in [1.29, 1.82) is 0 Å². The zero-order chi connectivity index (χ0) is 12.7. The number of ether oxygens (including phenoxy) is 1. The molecule has 3 nitrogen and oxygen atoms in total. The quantitative estimate of drug-likeness (QED) is 0.740. The molecule has 0 amide bonds. The molecule has 0 saturated carbocycles. The Morgan fingerprint density at radius 2 is 2.18 bits per heavy atom. The maximum atomic E-state index is 5.49. The summed E-state index contributed by atoms with van der Waals surface area (Å²) in [4.78, 5) is 2.58. The second kappa shape index (κ2) is 7.34. The summed E-state index contributed by atoms with van der Waals surface area (Å²) in [7, 11) is 1.84. The van der Waals surface area contributed by atoms with E-state index in [0.29, 0.717) is 11.5 Å². The maximum Gasteiger partial charge on any atom is 0.0698 e. The highest BCUT2D eigenvalue weighted by atomic mass is 16.5. The second-order valence-electron chi connectivity index (χ2n) is 5.68. The Morgan fingerprint density at radius 1 is 1.41 bits per heavy atom. The van der Waals surface area contributed by atoms with Gasteiger partial charge in [-0.05, 0) is 37.8 Å². The van der Waals surface area contributed by atoms with Gasteiger partial charge in [0.25, 0.3) is 0 Å². The predicted octanol–water partition coefficient (Wildman–Crippen LogP) is 2.12. The molecule has 0 aromatic carbocycles. The molecule has 1 fully saturated rings. The molecule has 1 N–H and O–H groups in total. The summed E-state index contributed by atoms with van der Waals surface area (Å²) in [6.45, 7) is 12.6. The number of piperidine rings is 1. The van der Waals surface area contributed by atoms with E-state index in [1.54, 1.807) is 0 Å². The van der Waals surface area contributed by atoms with Crippen LogP contribution in [-0.2, 0) is 4.74 Å². The molecular weight excluding hydrogens is 212 g/mol. The van der Waals surface area contributed by atoms with E-state index in [2.05, 4.69) is 31.0 Å². The van der Waals surface area contributed by atoms with E-state index >= 15 is 0 Å². The van der Waals surface area contributed by atoms with Crippen LogP contribution in [0.3, 0.4) is 0 Å². The molecule has 0 spiro atoms. The Hall–Kier alpha value is -0.120. The predicted molar refractivity (Wildman–Crippen MR) is 73.4 cm³/mol. The first kappa shape index (κ1) is 14.9. The highest BCUT2D eigenvalue weighted by Crippen LogP contribution is 2.24. The van der Waals surface area contributed by atoms with Gasteiger partial charge in [0.05, 0.1) is 6.10 Å². The molecule has 0 radical (unpaired) electrons. The molecule has 1 heterocycles. The molecule has 2 unspecified atom stereocenters. The fraction of sp³-hybridized carbons (Fsp3) is 1.00. The largest absolute Gasteiger partial charge is 0.380 e. The average Bonchev–Trinajstić information content (AvgIpc) is 2.36. The summed E-state index contributed by atoms with van der Waals surface area (Å²) in [6.07, 6.45) is 4.18. The summed E-state index contributed by atoms with van der Waals surface area (Å²) in [5.74, 6) is 0. The summed E-state index contributed by atoms with van der Waals surface area (Å²) >= 11 is 0. The normalized spacial score (nSPS) is 25.8. The van der Waals surface area contributed by atoms with Gasteiger partial charge in [0.15, 0.2) is 0 Å². The van der Waals surface area contributed by atoms with Gasteiger partial charge in [-0.3, -0.25) is 0 Å². The minimum atomic E-state index is 0.394. The van der Waals surface area contributed by atoms with Crippen LogP contribution >= 0.6 is 0 Å². The SMILES string of the molecule is CCNCC(C)(CC)CN1CCCC(OC)C1. The van der Waals surface area contributed by atoms with E-state index < -0.39 is 0 Å². The number of rotatable bonds is 7. The fourth-order valence-electron chi connectivity index (χ4n) is 2.61. The Kier molecular flexibility index (Phi) is 6.45. The lowest BCUT2D eigenvalue weighted by Crippen LogP contribution is -2.47. The lowest BCUT2D eigenvalue weighted by molar-refractivity contribution is 0.0157. The third kappa shape index (κ3) is 4.94. The van der Waals surface area contributed by atoms with E-state index in [-0.39, 0.29) is 0 Å². The van der Waals surface area contributed by atoms with Crippen LogP contribution in [0.1, 0.15) is 40.0 Å². The minimum Gasteiger partial charge on any atom is -0.380 e. The van der Waals surface area contributed by atoms with Crippen LogP contribution in [0.2, 0.25) is 0 Å². The molecule has 2 atom stereocenters. The summed E-state index contributed by atoms with van der Waals surface area (Å²) < 4.78 is 5.49. The molecule has 3 heteroatoms. The zero-order valence-corrected chi connectivity index (χ0v) is 12.1. The standard InChI is InChI=1S/C14H30N2O/c1-5-14(3,11-15-6-2)12-16-9-7-8-13(10-16)17-4/h13,15H,5-12H2,1-4H3. The molecule has 0 aromatic rings. The van der Waals surface area contributed by atoms with Gasteiger partial charge in [0, 0.05) is 26.7 Å².